The molecule has 0 aromatic heterocycles. The summed E-state index contributed by atoms with van der Waals surface area (Å²) in [4.78, 5) is 25.3. The summed E-state index contributed by atoms with van der Waals surface area (Å²) in [6.07, 6.45) is 17.4. The fourth-order valence-electron chi connectivity index (χ4n) is 4.06. The minimum Gasteiger partial charge on any atom is -0.465 e. The molecule has 0 saturated carbocycles. The van der Waals surface area contributed by atoms with Crippen LogP contribution in [0.25, 0.3) is 0 Å². The molecule has 0 unspecified atom stereocenters. The highest BCUT2D eigenvalue weighted by Gasteiger charge is 2.22. The molecule has 0 aliphatic rings. The minimum atomic E-state index is -0.0626. The van der Waals surface area contributed by atoms with E-state index in [1.54, 1.807) is 0 Å². The maximum absolute atomic E-state index is 12.6. The van der Waals surface area contributed by atoms with E-state index in [4.69, 9.17) is 9.47 Å². The highest BCUT2D eigenvalue weighted by atomic mass is 16.5. The van der Waals surface area contributed by atoms with Gasteiger partial charge in [0.1, 0.15) is 0 Å². The molecule has 0 bridgehead atoms. The van der Waals surface area contributed by atoms with Crippen LogP contribution in [0.3, 0.4) is 0 Å². The molecule has 4 nitrogen and oxygen atoms in total. The monoisotopic (exact) mass is 454 g/mol. The molecule has 0 fully saturated rings. The quantitative estimate of drug-likeness (QED) is 0.122. The first-order valence-corrected chi connectivity index (χ1v) is 13.8. The molecule has 0 amide bonds. The van der Waals surface area contributed by atoms with Crippen LogP contribution in [0.15, 0.2) is 0 Å². The molecule has 0 aromatic carbocycles. The van der Waals surface area contributed by atoms with Gasteiger partial charge in [0.05, 0.1) is 25.0 Å². The number of rotatable bonds is 22. The third kappa shape index (κ3) is 16.6. The summed E-state index contributed by atoms with van der Waals surface area (Å²) < 4.78 is 11.3. The minimum absolute atomic E-state index is 0.0179. The summed E-state index contributed by atoms with van der Waals surface area (Å²) in [6, 6.07) is 0. The summed E-state index contributed by atoms with van der Waals surface area (Å²) in [5.74, 6) is -0.0599. The molecule has 0 N–H and O–H groups in total. The lowest BCUT2D eigenvalue weighted by molar-refractivity contribution is -0.154. The Kier molecular flexibility index (Phi) is 21.0. The van der Waals surface area contributed by atoms with E-state index in [1.807, 2.05) is 6.92 Å². The summed E-state index contributed by atoms with van der Waals surface area (Å²) in [7, 11) is 0. The second-order valence-electron chi connectivity index (χ2n) is 9.74. The average Bonchev–Trinajstić information content (AvgIpc) is 2.79. The topological polar surface area (TPSA) is 52.6 Å². The van der Waals surface area contributed by atoms with Gasteiger partial charge in [0.15, 0.2) is 0 Å². The first-order chi connectivity index (χ1) is 15.5. The van der Waals surface area contributed by atoms with Crippen molar-refractivity contribution in [3.63, 3.8) is 0 Å². The van der Waals surface area contributed by atoms with E-state index in [0.29, 0.717) is 13.2 Å². The van der Waals surface area contributed by atoms with E-state index in [-0.39, 0.29) is 29.7 Å². The highest BCUT2D eigenvalue weighted by Crippen LogP contribution is 2.21. The summed E-state index contributed by atoms with van der Waals surface area (Å²) in [6.45, 7) is 11.4. The molecule has 0 saturated heterocycles. The third-order valence-corrected chi connectivity index (χ3v) is 6.31. The van der Waals surface area contributed by atoms with Crippen LogP contribution in [0.5, 0.6) is 0 Å². The lowest BCUT2D eigenvalue weighted by atomic mass is 9.95. The second kappa shape index (κ2) is 21.8. The maximum Gasteiger partial charge on any atom is 0.308 e. The van der Waals surface area contributed by atoms with E-state index >= 15 is 0 Å². The van der Waals surface area contributed by atoms with Crippen molar-refractivity contribution >= 4 is 11.9 Å². The van der Waals surface area contributed by atoms with Crippen LogP contribution in [0.4, 0.5) is 0 Å². The Morgan fingerprint density at radius 2 is 0.812 bits per heavy atom. The second-order valence-corrected chi connectivity index (χ2v) is 9.74. The van der Waals surface area contributed by atoms with Gasteiger partial charge in [-0.1, -0.05) is 112 Å². The number of unbranched alkanes of at least 4 members (excludes halogenated alkanes) is 8. The van der Waals surface area contributed by atoms with E-state index in [1.165, 1.54) is 25.7 Å². The smallest absolute Gasteiger partial charge is 0.308 e. The molecule has 0 radical (unpaired) electrons. The van der Waals surface area contributed by atoms with Crippen LogP contribution in [0.1, 0.15) is 137 Å². The molecule has 190 valence electrons. The number of carbonyl (C=O) groups excluding carboxylic acids is 2. The van der Waals surface area contributed by atoms with E-state index in [2.05, 4.69) is 27.7 Å². The van der Waals surface area contributed by atoms with Crippen LogP contribution < -0.4 is 0 Å². The molecule has 32 heavy (non-hydrogen) atoms. The molecule has 0 heterocycles. The lowest BCUT2D eigenvalue weighted by Crippen LogP contribution is -2.25. The molecule has 0 aromatic rings. The molecule has 0 aliphatic carbocycles. The molecule has 0 atom stereocenters. The van der Waals surface area contributed by atoms with Crippen molar-refractivity contribution < 1.29 is 19.1 Å². The Morgan fingerprint density at radius 1 is 0.531 bits per heavy atom. The Morgan fingerprint density at radius 3 is 1.06 bits per heavy atom. The Bertz CT molecular complexity index is 389. The zero-order valence-corrected chi connectivity index (χ0v) is 22.1. The van der Waals surface area contributed by atoms with Crippen molar-refractivity contribution in [2.24, 2.45) is 17.8 Å². The Hall–Kier alpha value is -1.06. The van der Waals surface area contributed by atoms with Gasteiger partial charge < -0.3 is 9.47 Å². The van der Waals surface area contributed by atoms with Gasteiger partial charge in [-0.3, -0.25) is 9.59 Å². The molecule has 0 rings (SSSR count). The van der Waals surface area contributed by atoms with Gasteiger partial charge in [-0.15, -0.1) is 0 Å². The molecule has 0 aliphatic heterocycles. The standard InChI is InChI=1S/C28H54O4/c1-6-10-14-18-25(19-15-11-7-2)27(29)31-22-24(5)23-32-28(30)26(20-16-12-8-3)21-17-13-9-4/h24-26H,6-23H2,1-5H3. The predicted octanol–water partition coefficient (Wildman–Crippen LogP) is 8.26. The molecular weight excluding hydrogens is 400 g/mol. The SMILES string of the molecule is CCCCCC(CCCCC)C(=O)OCC(C)COC(=O)C(CCCCC)CCCCC. The van der Waals surface area contributed by atoms with Crippen LogP contribution >= 0.6 is 0 Å². The summed E-state index contributed by atoms with van der Waals surface area (Å²) in [5, 5.41) is 0. The summed E-state index contributed by atoms with van der Waals surface area (Å²) >= 11 is 0. The lowest BCUT2D eigenvalue weighted by Gasteiger charge is -2.20. The van der Waals surface area contributed by atoms with Gasteiger partial charge in [-0.05, 0) is 25.7 Å². The zero-order chi connectivity index (χ0) is 24.0. The Balaban J connectivity index is 4.44. The van der Waals surface area contributed by atoms with Gasteiger partial charge in [-0.25, -0.2) is 0 Å². The Labute approximate surface area is 199 Å². The highest BCUT2D eigenvalue weighted by molar-refractivity contribution is 5.73. The van der Waals surface area contributed by atoms with Gasteiger partial charge >= 0.3 is 11.9 Å². The van der Waals surface area contributed by atoms with Crippen molar-refractivity contribution in [1.82, 2.24) is 0 Å². The number of ether oxygens (including phenoxy) is 2. The molecule has 4 heteroatoms. The van der Waals surface area contributed by atoms with Crippen molar-refractivity contribution in [2.45, 2.75) is 137 Å². The van der Waals surface area contributed by atoms with Crippen LogP contribution in [0, 0.1) is 17.8 Å². The maximum atomic E-state index is 12.6. The number of carbonyl (C=O) groups is 2. The average molecular weight is 455 g/mol. The largest absolute Gasteiger partial charge is 0.465 e. The van der Waals surface area contributed by atoms with Crippen LogP contribution in [0.2, 0.25) is 0 Å². The fourth-order valence-corrected chi connectivity index (χ4v) is 4.06. The summed E-state index contributed by atoms with van der Waals surface area (Å²) in [5.41, 5.74) is 0. The van der Waals surface area contributed by atoms with Crippen molar-refractivity contribution in [3.8, 4) is 0 Å². The molecular formula is C28H54O4. The van der Waals surface area contributed by atoms with Crippen molar-refractivity contribution in [3.05, 3.63) is 0 Å². The van der Waals surface area contributed by atoms with Crippen molar-refractivity contribution in [1.29, 1.82) is 0 Å². The molecule has 0 spiro atoms. The predicted molar refractivity (Wildman–Crippen MR) is 135 cm³/mol. The normalized spacial score (nSPS) is 11.5. The van der Waals surface area contributed by atoms with Gasteiger partial charge in [0, 0.05) is 5.92 Å². The van der Waals surface area contributed by atoms with Gasteiger partial charge in [0.2, 0.25) is 0 Å². The van der Waals surface area contributed by atoms with Gasteiger partial charge in [0.25, 0.3) is 0 Å². The van der Waals surface area contributed by atoms with E-state index in [9.17, 15) is 9.59 Å². The number of hydrogen-bond acceptors (Lipinski definition) is 4. The van der Waals surface area contributed by atoms with Crippen molar-refractivity contribution in [2.75, 3.05) is 13.2 Å². The van der Waals surface area contributed by atoms with Gasteiger partial charge in [-0.2, -0.15) is 0 Å². The van der Waals surface area contributed by atoms with E-state index in [0.717, 1.165) is 77.0 Å². The van der Waals surface area contributed by atoms with Crippen LogP contribution in [-0.4, -0.2) is 25.2 Å². The first kappa shape index (κ1) is 30.9. The van der Waals surface area contributed by atoms with Crippen LogP contribution in [-0.2, 0) is 19.1 Å². The van der Waals surface area contributed by atoms with E-state index < -0.39 is 0 Å². The number of hydrogen-bond donors (Lipinski definition) is 0. The number of esters is 2. The fraction of sp³-hybridized carbons (Fsp3) is 0.929. The first-order valence-electron chi connectivity index (χ1n) is 13.8. The zero-order valence-electron chi connectivity index (χ0n) is 22.1. The third-order valence-electron chi connectivity index (χ3n) is 6.31.